The Balaban J connectivity index is -0.0000000814. The van der Waals surface area contributed by atoms with Crippen molar-refractivity contribution in [3.8, 4) is 0 Å². The van der Waals surface area contributed by atoms with Crippen molar-refractivity contribution in [3.05, 3.63) is 0 Å². The Kier molecular flexibility index (Phi) is 43.5. The second-order valence-corrected chi connectivity index (χ2v) is 24.9. The zero-order chi connectivity index (χ0) is 38.1. The molecule has 4 saturated carbocycles. The Morgan fingerprint density at radius 3 is 1.30 bits per heavy atom. The second-order valence-electron chi connectivity index (χ2n) is 17.3. The number of carbonyl (C=O) groups is 2. The molecule has 4 fully saturated rings. The Morgan fingerprint density at radius 2 is 1.15 bits per heavy atom. The summed E-state index contributed by atoms with van der Waals surface area (Å²) in [6, 6.07) is 1.04. The highest BCUT2D eigenvalue weighted by Crippen LogP contribution is 2.54. The van der Waals surface area contributed by atoms with Crippen molar-refractivity contribution in [1.82, 2.24) is 5.32 Å². The van der Waals surface area contributed by atoms with Crippen molar-refractivity contribution in [2.45, 2.75) is 233 Å². The first-order valence-corrected chi connectivity index (χ1v) is 24.8. The predicted octanol–water partition coefficient (Wildman–Crippen LogP) is 16.1. The minimum absolute atomic E-state index is 0. The summed E-state index contributed by atoms with van der Waals surface area (Å²) in [4.78, 5) is 22.6. The van der Waals surface area contributed by atoms with E-state index in [-0.39, 0.29) is 67.1 Å². The topological polar surface area (TPSA) is 102 Å². The maximum Gasteiger partial charge on any atom is 0.407 e. The third-order valence-electron chi connectivity index (χ3n) is 10.5. The minimum Gasteiger partial charge on any atom is -0.481 e. The number of hydrogen-bond donors (Lipinski definition) is 3. The summed E-state index contributed by atoms with van der Waals surface area (Å²) >= 11 is 6.76. The fourth-order valence-corrected chi connectivity index (χ4v) is 6.87. The highest BCUT2D eigenvalue weighted by atomic mass is 79.9. The molecular formula is C45H104Br2N2O4Si. The van der Waals surface area contributed by atoms with E-state index in [0.717, 1.165) is 54.3 Å². The third kappa shape index (κ3) is 30.9. The Labute approximate surface area is 360 Å². The van der Waals surface area contributed by atoms with Gasteiger partial charge in [0.1, 0.15) is 0 Å². The Hall–Kier alpha value is -0.123. The first kappa shape index (κ1) is 71.6. The van der Waals surface area contributed by atoms with Crippen LogP contribution >= 0.6 is 31.9 Å². The molecule has 6 nitrogen and oxygen atoms in total. The number of rotatable bonds is 11. The number of nitrogens with two attached hydrogens (primary N) is 1. The molecule has 4 aliphatic carbocycles. The van der Waals surface area contributed by atoms with E-state index < -0.39 is 14.0 Å². The van der Waals surface area contributed by atoms with Crippen LogP contribution in [-0.2, 0) is 9.53 Å². The maximum atomic E-state index is 11.5. The smallest absolute Gasteiger partial charge is 0.407 e. The van der Waals surface area contributed by atoms with Gasteiger partial charge in [-0.2, -0.15) is 0 Å². The van der Waals surface area contributed by atoms with Gasteiger partial charge in [0, 0.05) is 29.3 Å². The minimum atomic E-state index is -1.09. The van der Waals surface area contributed by atoms with E-state index in [1.807, 2.05) is 13.8 Å². The standard InChI is InChI=1S/C12H25NO2Si.C7H12O2.C7H14.C6H13N.C4H8Br2.C3H8.6CH4/c1-6-10-9-12(10,2)13-11(14)15-7-8-16(3,4)5;1-3-5-4-7(5,2)6(8)9;1-4-6-5-7(6,2)3;1-3-5-4-6(5,2)7;1-2-4(6)3-5;1-3-2;;;;;;/h10H,6-9H2,1-5H3,(H,13,14);5H,3-4H2,1-2H3,(H,8,9);6H,4-5H2,1-3H3;5H,3-4,7H2,1-2H3;4H,2-3H2,1H3;3H2,1-2H3;6*1H4. The normalized spacial score (nSPS) is 28.2. The zero-order valence-corrected chi connectivity index (χ0v) is 38.3. The van der Waals surface area contributed by atoms with Crippen molar-refractivity contribution in [3.63, 3.8) is 0 Å². The molecule has 336 valence electrons. The lowest BCUT2D eigenvalue weighted by Gasteiger charge is -2.17. The van der Waals surface area contributed by atoms with Gasteiger partial charge in [-0.15, -0.1) is 0 Å². The summed E-state index contributed by atoms with van der Waals surface area (Å²) in [5.41, 5.74) is 6.29. The number of nitrogens with one attached hydrogen (secondary N) is 1. The van der Waals surface area contributed by atoms with Crippen molar-refractivity contribution in [1.29, 1.82) is 0 Å². The molecule has 4 aliphatic rings. The molecule has 0 bridgehead atoms. The highest BCUT2D eigenvalue weighted by molar-refractivity contribution is 9.12. The molecular weight excluding hydrogens is 820 g/mol. The molecule has 0 heterocycles. The number of carboxylic acids is 1. The SMILES string of the molecule is C.C.C.C.C.C.CCC.CCC(Br)CBr.CCC1CC1(C)C.CCC1CC1(C)C(=O)O.CCC1CC1(C)N.CCC1CC1(C)NC(=O)OCC[Si](C)(C)C. The average Bonchev–Trinajstić information content (AvgIpc) is 3.94. The first-order valence-electron chi connectivity index (χ1n) is 19.1. The van der Waals surface area contributed by atoms with Crippen LogP contribution in [0.4, 0.5) is 4.79 Å². The summed E-state index contributed by atoms with van der Waals surface area (Å²) in [7, 11) is -1.09. The summed E-state index contributed by atoms with van der Waals surface area (Å²) in [6.07, 6.45) is 11.6. The van der Waals surface area contributed by atoms with Crippen LogP contribution in [0.5, 0.6) is 0 Å². The van der Waals surface area contributed by atoms with Crippen LogP contribution in [0.2, 0.25) is 25.7 Å². The molecule has 0 radical (unpaired) electrons. The number of aliphatic carboxylic acids is 1. The van der Waals surface area contributed by atoms with Crippen molar-refractivity contribution in [2.24, 2.45) is 40.2 Å². The molecule has 0 aliphatic heterocycles. The van der Waals surface area contributed by atoms with Crippen molar-refractivity contribution >= 4 is 52.0 Å². The molecule has 0 aromatic rings. The van der Waals surface area contributed by atoms with E-state index in [1.165, 1.54) is 38.5 Å². The van der Waals surface area contributed by atoms with Crippen LogP contribution in [0.25, 0.3) is 0 Å². The molecule has 0 saturated heterocycles. The predicted molar refractivity (Wildman–Crippen MR) is 260 cm³/mol. The molecule has 8 atom stereocenters. The monoisotopic (exact) mass is 923 g/mol. The molecule has 0 aromatic heterocycles. The van der Waals surface area contributed by atoms with Gasteiger partial charge in [-0.3, -0.25) is 4.79 Å². The number of amides is 1. The lowest BCUT2D eigenvalue weighted by atomic mass is 10.1. The van der Waals surface area contributed by atoms with Gasteiger partial charge in [-0.1, -0.05) is 190 Å². The Bertz CT molecular complexity index is 889. The van der Waals surface area contributed by atoms with Gasteiger partial charge in [0.15, 0.2) is 0 Å². The van der Waals surface area contributed by atoms with E-state index in [2.05, 4.69) is 126 Å². The average molecular weight is 925 g/mol. The van der Waals surface area contributed by atoms with Crippen LogP contribution in [-0.4, -0.2) is 53.1 Å². The molecule has 1 amide bonds. The van der Waals surface area contributed by atoms with Gasteiger partial charge >= 0.3 is 12.1 Å². The van der Waals surface area contributed by atoms with Crippen LogP contribution in [0.1, 0.15) is 192 Å². The molecule has 4 N–H and O–H groups in total. The number of ether oxygens (including phenoxy) is 1. The summed E-state index contributed by atoms with van der Waals surface area (Å²) in [5.74, 6) is 2.32. The van der Waals surface area contributed by atoms with Gasteiger partial charge < -0.3 is 20.9 Å². The first-order chi connectivity index (χ1) is 21.9. The third-order valence-corrected chi connectivity index (χ3v) is 14.9. The van der Waals surface area contributed by atoms with Crippen LogP contribution in [0, 0.1) is 34.5 Å². The molecule has 4 rings (SSSR count). The molecule has 0 spiro atoms. The quantitative estimate of drug-likeness (QED) is 0.142. The van der Waals surface area contributed by atoms with E-state index in [4.69, 9.17) is 15.6 Å². The fourth-order valence-electron chi connectivity index (χ4n) is 5.69. The molecule has 9 heteroatoms. The molecule has 8 unspecified atom stereocenters. The highest BCUT2D eigenvalue weighted by Gasteiger charge is 2.55. The Morgan fingerprint density at radius 1 is 0.759 bits per heavy atom. The van der Waals surface area contributed by atoms with Gasteiger partial charge in [0.2, 0.25) is 0 Å². The number of alkyl carbamates (subject to hydrolysis) is 1. The summed E-state index contributed by atoms with van der Waals surface area (Å²) in [5, 5.41) is 12.6. The van der Waals surface area contributed by atoms with Gasteiger partial charge in [-0.25, -0.2) is 4.79 Å². The number of halogens is 2. The summed E-state index contributed by atoms with van der Waals surface area (Å²) < 4.78 is 5.21. The molecule has 0 aromatic carbocycles. The summed E-state index contributed by atoms with van der Waals surface area (Å²) in [6.45, 7) is 33.2. The van der Waals surface area contributed by atoms with Crippen molar-refractivity contribution in [2.75, 3.05) is 11.9 Å². The van der Waals surface area contributed by atoms with E-state index in [0.29, 0.717) is 23.3 Å². The number of hydrogen-bond acceptors (Lipinski definition) is 4. The largest absolute Gasteiger partial charge is 0.481 e. The van der Waals surface area contributed by atoms with Crippen LogP contribution in [0.3, 0.4) is 0 Å². The lowest BCUT2D eigenvalue weighted by molar-refractivity contribution is -0.143. The number of carboxylic acid groups (broad SMARTS) is 1. The van der Waals surface area contributed by atoms with E-state index in [9.17, 15) is 9.59 Å². The van der Waals surface area contributed by atoms with E-state index in [1.54, 1.807) is 0 Å². The van der Waals surface area contributed by atoms with E-state index >= 15 is 0 Å². The van der Waals surface area contributed by atoms with Gasteiger partial charge in [0.05, 0.1) is 12.0 Å². The van der Waals surface area contributed by atoms with Crippen molar-refractivity contribution < 1.29 is 19.4 Å². The lowest BCUT2D eigenvalue weighted by Crippen LogP contribution is -2.37. The number of carbonyl (C=O) groups excluding carboxylic acids is 1. The van der Waals surface area contributed by atoms with Crippen LogP contribution < -0.4 is 11.1 Å². The number of alkyl halides is 2. The maximum absolute atomic E-state index is 11.5. The molecule has 54 heavy (non-hydrogen) atoms. The second kappa shape index (κ2) is 32.8. The fraction of sp³-hybridized carbons (Fsp3) is 0.956. The zero-order valence-electron chi connectivity index (χ0n) is 34.1. The van der Waals surface area contributed by atoms with Gasteiger partial charge in [0.25, 0.3) is 0 Å². The van der Waals surface area contributed by atoms with Gasteiger partial charge in [-0.05, 0) is 88.0 Å². The van der Waals surface area contributed by atoms with Crippen LogP contribution in [0.15, 0.2) is 0 Å².